The van der Waals surface area contributed by atoms with Crippen molar-refractivity contribution in [2.75, 3.05) is 5.43 Å². The molecule has 1 aromatic rings. The van der Waals surface area contributed by atoms with E-state index >= 15 is 0 Å². The largest absolute Gasteiger partial charge is 0.320 e. The molecule has 0 bridgehead atoms. The van der Waals surface area contributed by atoms with Crippen LogP contribution in [0.4, 0.5) is 0 Å². The van der Waals surface area contributed by atoms with E-state index in [0.717, 1.165) is 6.42 Å². The molecule has 1 heterocycles. The molecule has 1 amide bonds. The first-order valence-corrected chi connectivity index (χ1v) is 4.43. The van der Waals surface area contributed by atoms with Crippen LogP contribution in [0.1, 0.15) is 19.8 Å². The number of aromatic nitrogens is 1. The lowest BCUT2D eigenvalue weighted by molar-refractivity contribution is -0.118. The van der Waals surface area contributed by atoms with E-state index in [2.05, 4.69) is 5.43 Å². The maximum atomic E-state index is 11.3. The zero-order valence-electron chi connectivity index (χ0n) is 7.73. The van der Waals surface area contributed by atoms with Gasteiger partial charge in [-0.3, -0.25) is 14.9 Å². The molecule has 0 aliphatic carbocycles. The molecule has 0 fully saturated rings. The van der Waals surface area contributed by atoms with Crippen LogP contribution in [0.5, 0.6) is 0 Å². The average molecular weight is 181 g/mol. The lowest BCUT2D eigenvalue weighted by Gasteiger charge is -2.11. The first kappa shape index (κ1) is 9.80. The van der Waals surface area contributed by atoms with Crippen molar-refractivity contribution in [2.45, 2.75) is 25.8 Å². The van der Waals surface area contributed by atoms with Crippen LogP contribution in [0.25, 0.3) is 0 Å². The predicted octanol–water partition coefficient (Wildman–Crippen LogP) is 0.686. The number of nitrogens with one attached hydrogen (secondary N) is 1. The third-order valence-electron chi connectivity index (χ3n) is 1.78. The lowest BCUT2D eigenvalue weighted by atomic mass is 10.2. The Labute approximate surface area is 77.7 Å². The molecular weight excluding hydrogens is 166 g/mol. The van der Waals surface area contributed by atoms with Crippen LogP contribution in [0.3, 0.4) is 0 Å². The van der Waals surface area contributed by atoms with Crippen molar-refractivity contribution in [3.63, 3.8) is 0 Å². The fraction of sp³-hybridized carbons (Fsp3) is 0.444. The van der Waals surface area contributed by atoms with Crippen molar-refractivity contribution in [3.05, 3.63) is 24.5 Å². The van der Waals surface area contributed by atoms with Crippen molar-refractivity contribution >= 4 is 5.91 Å². The van der Waals surface area contributed by atoms with E-state index in [1.165, 1.54) is 0 Å². The second-order valence-corrected chi connectivity index (χ2v) is 2.96. The van der Waals surface area contributed by atoms with Gasteiger partial charge in [0.15, 0.2) is 0 Å². The zero-order valence-corrected chi connectivity index (χ0v) is 7.73. The highest BCUT2D eigenvalue weighted by Gasteiger charge is 2.11. The molecule has 72 valence electrons. The summed E-state index contributed by atoms with van der Waals surface area (Å²) in [6, 6.07) is 3.27. The minimum atomic E-state index is -0.410. The number of hydrogen-bond acceptors (Lipinski definition) is 2. The van der Waals surface area contributed by atoms with Gasteiger partial charge in [-0.2, -0.15) is 0 Å². The maximum absolute atomic E-state index is 11.3. The summed E-state index contributed by atoms with van der Waals surface area (Å²) in [4.78, 5) is 11.3. The summed E-state index contributed by atoms with van der Waals surface area (Å²) in [5, 5.41) is 0. The maximum Gasteiger partial charge on any atom is 0.255 e. The van der Waals surface area contributed by atoms with E-state index in [0.29, 0.717) is 6.42 Å². The van der Waals surface area contributed by atoms with Crippen molar-refractivity contribution in [3.8, 4) is 0 Å². The van der Waals surface area contributed by atoms with Crippen LogP contribution in [0.15, 0.2) is 24.5 Å². The van der Waals surface area contributed by atoms with E-state index in [1.54, 1.807) is 17.1 Å². The first-order chi connectivity index (χ1) is 6.24. The van der Waals surface area contributed by atoms with Gasteiger partial charge >= 0.3 is 0 Å². The van der Waals surface area contributed by atoms with Crippen LogP contribution in [0.2, 0.25) is 0 Å². The molecule has 0 unspecified atom stereocenters. The summed E-state index contributed by atoms with van der Waals surface area (Å²) in [6.07, 6.45) is 5.15. The number of rotatable bonds is 4. The summed E-state index contributed by atoms with van der Waals surface area (Å²) < 4.78 is 1.60. The van der Waals surface area contributed by atoms with Crippen molar-refractivity contribution in [1.29, 1.82) is 0 Å². The molecule has 0 saturated carbocycles. The number of hydrogen-bond donors (Lipinski definition) is 2. The van der Waals surface area contributed by atoms with Crippen molar-refractivity contribution < 1.29 is 4.79 Å². The third kappa shape index (κ3) is 2.91. The van der Waals surface area contributed by atoms with Crippen LogP contribution >= 0.6 is 0 Å². The fourth-order valence-electron chi connectivity index (χ4n) is 1.06. The number of nitrogens with two attached hydrogens (primary N) is 1. The highest BCUT2D eigenvalue weighted by atomic mass is 16.2. The number of carbonyl (C=O) groups is 1. The highest BCUT2D eigenvalue weighted by molar-refractivity contribution is 5.88. The SMILES string of the molecule is CCC[C@@H](N)C(=O)Nn1cccc1. The highest BCUT2D eigenvalue weighted by Crippen LogP contribution is 1.94. The molecular formula is C9H15N3O. The fourth-order valence-corrected chi connectivity index (χ4v) is 1.06. The Morgan fingerprint density at radius 2 is 2.15 bits per heavy atom. The van der Waals surface area contributed by atoms with Gasteiger partial charge in [0.25, 0.3) is 5.91 Å². The topological polar surface area (TPSA) is 60.1 Å². The van der Waals surface area contributed by atoms with E-state index in [1.807, 2.05) is 19.1 Å². The molecule has 0 saturated heterocycles. The Bertz CT molecular complexity index is 256. The van der Waals surface area contributed by atoms with Crippen LogP contribution < -0.4 is 11.2 Å². The van der Waals surface area contributed by atoms with E-state index < -0.39 is 6.04 Å². The summed E-state index contributed by atoms with van der Waals surface area (Å²) in [7, 11) is 0. The van der Waals surface area contributed by atoms with Crippen LogP contribution in [-0.4, -0.2) is 16.6 Å². The summed E-state index contributed by atoms with van der Waals surface area (Å²) in [5.41, 5.74) is 8.28. The van der Waals surface area contributed by atoms with Gasteiger partial charge in [-0.25, -0.2) is 0 Å². The summed E-state index contributed by atoms with van der Waals surface area (Å²) in [6.45, 7) is 2.00. The predicted molar refractivity (Wildman–Crippen MR) is 51.7 cm³/mol. The molecule has 0 radical (unpaired) electrons. The van der Waals surface area contributed by atoms with Gasteiger partial charge in [-0.05, 0) is 18.6 Å². The van der Waals surface area contributed by atoms with Gasteiger partial charge < -0.3 is 5.73 Å². The van der Waals surface area contributed by atoms with Crippen LogP contribution in [0, 0.1) is 0 Å². The molecule has 3 N–H and O–H groups in total. The van der Waals surface area contributed by atoms with Gasteiger partial charge in [0.1, 0.15) is 0 Å². The molecule has 0 spiro atoms. The smallest absolute Gasteiger partial charge is 0.255 e. The van der Waals surface area contributed by atoms with Crippen molar-refractivity contribution in [1.82, 2.24) is 4.68 Å². The molecule has 0 aromatic carbocycles. The van der Waals surface area contributed by atoms with Gasteiger partial charge in [0.2, 0.25) is 0 Å². The van der Waals surface area contributed by atoms with E-state index in [4.69, 9.17) is 5.73 Å². The Hall–Kier alpha value is -1.29. The first-order valence-electron chi connectivity index (χ1n) is 4.43. The second kappa shape index (κ2) is 4.67. The Balaban J connectivity index is 2.41. The molecule has 1 aromatic heterocycles. The number of carbonyl (C=O) groups excluding carboxylic acids is 1. The van der Waals surface area contributed by atoms with E-state index in [9.17, 15) is 4.79 Å². The molecule has 0 aliphatic heterocycles. The number of nitrogens with zero attached hydrogens (tertiary/aromatic N) is 1. The minimum absolute atomic E-state index is 0.141. The normalized spacial score (nSPS) is 12.5. The third-order valence-corrected chi connectivity index (χ3v) is 1.78. The van der Waals surface area contributed by atoms with Crippen LogP contribution in [-0.2, 0) is 4.79 Å². The standard InChI is InChI=1S/C9H15N3O/c1-2-5-8(10)9(13)11-12-6-3-4-7-12/h3-4,6-8H,2,5,10H2,1H3,(H,11,13)/t8-/m1/s1. The number of amides is 1. The molecule has 1 atom stereocenters. The Morgan fingerprint density at radius 1 is 1.54 bits per heavy atom. The minimum Gasteiger partial charge on any atom is -0.320 e. The van der Waals surface area contributed by atoms with Gasteiger partial charge in [0.05, 0.1) is 6.04 Å². The van der Waals surface area contributed by atoms with Gasteiger partial charge in [-0.1, -0.05) is 13.3 Å². The monoisotopic (exact) mass is 181 g/mol. The molecule has 1 rings (SSSR count). The molecule has 4 heteroatoms. The molecule has 4 nitrogen and oxygen atoms in total. The quantitative estimate of drug-likeness (QED) is 0.717. The van der Waals surface area contributed by atoms with E-state index in [-0.39, 0.29) is 5.91 Å². The second-order valence-electron chi connectivity index (χ2n) is 2.96. The summed E-state index contributed by atoms with van der Waals surface area (Å²) in [5.74, 6) is -0.141. The molecule has 0 aliphatic rings. The summed E-state index contributed by atoms with van der Waals surface area (Å²) >= 11 is 0. The molecule has 13 heavy (non-hydrogen) atoms. The Morgan fingerprint density at radius 3 is 2.69 bits per heavy atom. The average Bonchev–Trinajstić information content (AvgIpc) is 2.57. The van der Waals surface area contributed by atoms with Gasteiger partial charge in [0, 0.05) is 12.4 Å². The Kier molecular flexibility index (Phi) is 3.52. The zero-order chi connectivity index (χ0) is 9.68. The van der Waals surface area contributed by atoms with Crippen molar-refractivity contribution in [2.24, 2.45) is 5.73 Å². The lowest BCUT2D eigenvalue weighted by Crippen LogP contribution is -2.38. The van der Waals surface area contributed by atoms with Gasteiger partial charge in [-0.15, -0.1) is 0 Å².